The molecule has 0 aliphatic carbocycles. The minimum Gasteiger partial charge on any atom is -0.496 e. The Hall–Kier alpha value is -1.51. The first kappa shape index (κ1) is 15.5. The van der Waals surface area contributed by atoms with Crippen LogP contribution in [0.2, 0.25) is 0 Å². The normalized spacial score (nSPS) is 10.3. The summed E-state index contributed by atoms with van der Waals surface area (Å²) >= 11 is 0. The maximum atomic E-state index is 12.6. The first-order valence-corrected chi connectivity index (χ1v) is 7.14. The summed E-state index contributed by atoms with van der Waals surface area (Å²) in [6, 6.07) is 5.87. The summed E-state index contributed by atoms with van der Waals surface area (Å²) in [5.41, 5.74) is 1.83. The van der Waals surface area contributed by atoms with Crippen LogP contribution >= 0.6 is 0 Å². The van der Waals surface area contributed by atoms with E-state index < -0.39 is 0 Å². The number of benzene rings is 1. The lowest BCUT2D eigenvalue weighted by atomic mass is 10.00. The highest BCUT2D eigenvalue weighted by Gasteiger charge is 2.20. The largest absolute Gasteiger partial charge is 0.496 e. The molecule has 1 aromatic rings. The molecule has 0 heterocycles. The molecule has 3 nitrogen and oxygen atoms in total. The van der Waals surface area contributed by atoms with Gasteiger partial charge in [-0.25, -0.2) is 0 Å². The minimum absolute atomic E-state index is 0.0774. The van der Waals surface area contributed by atoms with Crippen LogP contribution in [0.5, 0.6) is 5.75 Å². The number of hydrogen-bond acceptors (Lipinski definition) is 2. The van der Waals surface area contributed by atoms with Gasteiger partial charge in [0.2, 0.25) is 0 Å². The van der Waals surface area contributed by atoms with Crippen molar-refractivity contribution in [1.82, 2.24) is 4.90 Å². The van der Waals surface area contributed by atoms with E-state index in [1.165, 1.54) is 0 Å². The van der Waals surface area contributed by atoms with Crippen LogP contribution < -0.4 is 4.74 Å². The third kappa shape index (κ3) is 3.72. The molecule has 1 rings (SSSR count). The Morgan fingerprint density at radius 3 is 2.42 bits per heavy atom. The van der Waals surface area contributed by atoms with E-state index in [1.54, 1.807) is 7.11 Å². The summed E-state index contributed by atoms with van der Waals surface area (Å²) in [7, 11) is 1.62. The molecular weight excluding hydrogens is 238 g/mol. The van der Waals surface area contributed by atoms with Crippen LogP contribution in [0.4, 0.5) is 0 Å². The van der Waals surface area contributed by atoms with Gasteiger partial charge in [0, 0.05) is 13.1 Å². The van der Waals surface area contributed by atoms with Crippen molar-refractivity contribution in [1.29, 1.82) is 0 Å². The second kappa shape index (κ2) is 7.82. The summed E-state index contributed by atoms with van der Waals surface area (Å²) < 4.78 is 5.38. The van der Waals surface area contributed by atoms with Gasteiger partial charge in [0.25, 0.3) is 5.91 Å². The second-order valence-corrected chi connectivity index (χ2v) is 4.58. The third-order valence-corrected chi connectivity index (χ3v) is 3.40. The van der Waals surface area contributed by atoms with Crippen molar-refractivity contribution in [3.63, 3.8) is 0 Å². The monoisotopic (exact) mass is 263 g/mol. The zero-order valence-corrected chi connectivity index (χ0v) is 12.5. The average Bonchev–Trinajstić information content (AvgIpc) is 2.45. The molecule has 0 aliphatic heterocycles. The van der Waals surface area contributed by atoms with E-state index in [-0.39, 0.29) is 5.91 Å². The second-order valence-electron chi connectivity index (χ2n) is 4.58. The summed E-state index contributed by atoms with van der Waals surface area (Å²) in [5.74, 6) is 0.763. The molecule has 0 saturated carbocycles. The Kier molecular flexibility index (Phi) is 6.40. The number of rotatable bonds is 7. The van der Waals surface area contributed by atoms with Crippen molar-refractivity contribution in [2.24, 2.45) is 0 Å². The molecule has 0 spiro atoms. The maximum absolute atomic E-state index is 12.6. The van der Waals surface area contributed by atoms with Gasteiger partial charge in [-0.3, -0.25) is 4.79 Å². The molecule has 1 aromatic carbocycles. The van der Waals surface area contributed by atoms with Gasteiger partial charge in [-0.2, -0.15) is 0 Å². The number of hydrogen-bond donors (Lipinski definition) is 0. The standard InChI is InChI=1S/C16H25NO2/c1-5-8-10-13-11-9-12-14(19-4)15(13)16(18)17(6-2)7-3/h9,11-12H,5-8,10H2,1-4H3. The predicted octanol–water partition coefficient (Wildman–Crippen LogP) is 3.52. The van der Waals surface area contributed by atoms with Gasteiger partial charge < -0.3 is 9.64 Å². The van der Waals surface area contributed by atoms with E-state index in [2.05, 4.69) is 6.92 Å². The molecule has 0 radical (unpaired) electrons. The predicted molar refractivity (Wildman–Crippen MR) is 78.9 cm³/mol. The summed E-state index contributed by atoms with van der Waals surface area (Å²) in [6.07, 6.45) is 3.14. The molecular formula is C16H25NO2. The molecule has 0 saturated heterocycles. The number of amides is 1. The fourth-order valence-electron chi connectivity index (χ4n) is 2.23. The zero-order valence-electron chi connectivity index (χ0n) is 12.5. The van der Waals surface area contributed by atoms with Gasteiger partial charge in [0.1, 0.15) is 5.75 Å². The van der Waals surface area contributed by atoms with Gasteiger partial charge in [-0.05, 0) is 38.3 Å². The van der Waals surface area contributed by atoms with Crippen molar-refractivity contribution in [3.05, 3.63) is 29.3 Å². The molecule has 1 amide bonds. The Labute approximate surface area is 116 Å². The highest BCUT2D eigenvalue weighted by Crippen LogP contribution is 2.25. The van der Waals surface area contributed by atoms with Crippen LogP contribution in [0.25, 0.3) is 0 Å². The minimum atomic E-state index is 0.0774. The molecule has 106 valence electrons. The van der Waals surface area contributed by atoms with Crippen molar-refractivity contribution >= 4 is 5.91 Å². The van der Waals surface area contributed by atoms with E-state index >= 15 is 0 Å². The van der Waals surface area contributed by atoms with Crippen LogP contribution in [0.1, 0.15) is 49.5 Å². The fraction of sp³-hybridized carbons (Fsp3) is 0.562. The number of methoxy groups -OCH3 is 1. The van der Waals surface area contributed by atoms with Crippen molar-refractivity contribution in [2.45, 2.75) is 40.0 Å². The molecule has 19 heavy (non-hydrogen) atoms. The Bertz CT molecular complexity index is 411. The topological polar surface area (TPSA) is 29.5 Å². The van der Waals surface area contributed by atoms with E-state index in [1.807, 2.05) is 36.9 Å². The lowest BCUT2D eigenvalue weighted by molar-refractivity contribution is 0.0768. The smallest absolute Gasteiger partial charge is 0.257 e. The number of aryl methyl sites for hydroxylation is 1. The molecule has 0 atom stereocenters. The van der Waals surface area contributed by atoms with Gasteiger partial charge in [0.15, 0.2) is 0 Å². The van der Waals surface area contributed by atoms with Crippen molar-refractivity contribution in [3.8, 4) is 5.75 Å². The molecule has 0 N–H and O–H groups in total. The van der Waals surface area contributed by atoms with Gasteiger partial charge in [-0.15, -0.1) is 0 Å². The average molecular weight is 263 g/mol. The number of unbranched alkanes of at least 4 members (excludes halogenated alkanes) is 1. The van der Waals surface area contributed by atoms with Crippen LogP contribution in [0.15, 0.2) is 18.2 Å². The highest BCUT2D eigenvalue weighted by atomic mass is 16.5. The molecule has 0 unspecified atom stereocenters. The lowest BCUT2D eigenvalue weighted by Crippen LogP contribution is -2.31. The van der Waals surface area contributed by atoms with Crippen LogP contribution in [-0.4, -0.2) is 31.0 Å². The maximum Gasteiger partial charge on any atom is 0.257 e. The Morgan fingerprint density at radius 2 is 1.89 bits per heavy atom. The zero-order chi connectivity index (χ0) is 14.3. The van der Waals surface area contributed by atoms with E-state index in [0.29, 0.717) is 5.75 Å². The third-order valence-electron chi connectivity index (χ3n) is 3.40. The summed E-state index contributed by atoms with van der Waals surface area (Å²) in [5, 5.41) is 0. The van der Waals surface area contributed by atoms with Crippen LogP contribution in [-0.2, 0) is 6.42 Å². The fourth-order valence-corrected chi connectivity index (χ4v) is 2.23. The SMILES string of the molecule is CCCCc1cccc(OC)c1C(=O)N(CC)CC. The number of nitrogens with zero attached hydrogens (tertiary/aromatic N) is 1. The number of ether oxygens (including phenoxy) is 1. The van der Waals surface area contributed by atoms with Crippen molar-refractivity contribution < 1.29 is 9.53 Å². The Morgan fingerprint density at radius 1 is 1.21 bits per heavy atom. The molecule has 0 aromatic heterocycles. The first-order valence-electron chi connectivity index (χ1n) is 7.14. The van der Waals surface area contributed by atoms with E-state index in [0.717, 1.165) is 43.5 Å². The lowest BCUT2D eigenvalue weighted by Gasteiger charge is -2.22. The van der Waals surface area contributed by atoms with Crippen LogP contribution in [0, 0.1) is 0 Å². The van der Waals surface area contributed by atoms with Crippen molar-refractivity contribution in [2.75, 3.05) is 20.2 Å². The quantitative estimate of drug-likeness (QED) is 0.753. The first-order chi connectivity index (χ1) is 9.19. The summed E-state index contributed by atoms with van der Waals surface area (Å²) in [4.78, 5) is 14.5. The molecule has 3 heteroatoms. The van der Waals surface area contributed by atoms with Gasteiger partial charge in [-0.1, -0.05) is 25.5 Å². The van der Waals surface area contributed by atoms with Crippen LogP contribution in [0.3, 0.4) is 0 Å². The van der Waals surface area contributed by atoms with Gasteiger partial charge >= 0.3 is 0 Å². The number of carbonyl (C=O) groups is 1. The van der Waals surface area contributed by atoms with E-state index in [4.69, 9.17) is 4.74 Å². The summed E-state index contributed by atoms with van der Waals surface area (Å²) in [6.45, 7) is 7.61. The highest BCUT2D eigenvalue weighted by molar-refractivity contribution is 5.98. The molecule has 0 bridgehead atoms. The Balaban J connectivity index is 3.16. The molecule has 0 fully saturated rings. The van der Waals surface area contributed by atoms with E-state index in [9.17, 15) is 4.79 Å². The molecule has 0 aliphatic rings. The van der Waals surface area contributed by atoms with Gasteiger partial charge in [0.05, 0.1) is 12.7 Å². The number of carbonyl (C=O) groups excluding carboxylic acids is 1.